The Morgan fingerprint density at radius 2 is 1.61 bits per heavy atom. The van der Waals surface area contributed by atoms with Crippen LogP contribution in [0, 0.1) is 5.21 Å². The van der Waals surface area contributed by atoms with Gasteiger partial charge < -0.3 is 10.4 Å². The van der Waals surface area contributed by atoms with Crippen LogP contribution < -0.4 is 0 Å². The van der Waals surface area contributed by atoms with Crippen LogP contribution >= 0.6 is 0 Å². The molecule has 0 radical (unpaired) electrons. The minimum Gasteiger partial charge on any atom is -0.622 e. The second kappa shape index (κ2) is 6.52. The van der Waals surface area contributed by atoms with Crippen LogP contribution in [0.2, 0.25) is 0 Å². The molecule has 1 heterocycles. The Morgan fingerprint density at radius 3 is 2.17 bits per heavy atom. The quantitative estimate of drug-likeness (QED) is 0.311. The van der Waals surface area contributed by atoms with E-state index in [-0.39, 0.29) is 6.67 Å². The molecule has 3 rings (SSSR count). The standard InChI is InChI=1S/C7H9N3O2.C6H12/c11-9-5-2-1-3-6-7(5)8-4-10(6)12;1-2-4-6-5-3-1/h11H,1-4H2;1-6H2/b9-5+;. The van der Waals surface area contributed by atoms with Gasteiger partial charge in [-0.25, -0.2) is 4.99 Å². The summed E-state index contributed by atoms with van der Waals surface area (Å²) in [5.41, 5.74) is 1.84. The first-order valence-electron chi connectivity index (χ1n) is 6.89. The van der Waals surface area contributed by atoms with Crippen LogP contribution in [-0.4, -0.2) is 33.7 Å². The van der Waals surface area contributed by atoms with Gasteiger partial charge in [0.2, 0.25) is 12.4 Å². The molecule has 1 N–H and O–H groups in total. The van der Waals surface area contributed by atoms with E-state index in [4.69, 9.17) is 5.21 Å². The van der Waals surface area contributed by atoms with Gasteiger partial charge in [-0.05, 0) is 12.8 Å². The molecule has 1 aliphatic heterocycles. The molecule has 5 heteroatoms. The zero-order valence-corrected chi connectivity index (χ0v) is 10.8. The summed E-state index contributed by atoms with van der Waals surface area (Å²) in [6.45, 7) is 0.156. The molecule has 2 fully saturated rings. The van der Waals surface area contributed by atoms with Gasteiger partial charge in [-0.2, -0.15) is 4.74 Å². The van der Waals surface area contributed by atoms with E-state index in [9.17, 15) is 5.21 Å². The molecule has 0 amide bonds. The molecule has 0 aromatic heterocycles. The number of aliphatic imine (C=N–C) groups is 1. The van der Waals surface area contributed by atoms with E-state index in [0.717, 1.165) is 17.6 Å². The molecule has 0 unspecified atom stereocenters. The van der Waals surface area contributed by atoms with Crippen molar-refractivity contribution >= 4 is 17.1 Å². The fraction of sp³-hybridized carbons (Fsp3) is 0.769. The Kier molecular flexibility index (Phi) is 4.73. The van der Waals surface area contributed by atoms with Gasteiger partial charge in [-0.1, -0.05) is 43.7 Å². The third-order valence-corrected chi connectivity index (χ3v) is 3.65. The van der Waals surface area contributed by atoms with Crippen molar-refractivity contribution in [1.82, 2.24) is 0 Å². The molecule has 100 valence electrons. The molecule has 0 bridgehead atoms. The second-order valence-corrected chi connectivity index (χ2v) is 4.99. The van der Waals surface area contributed by atoms with Crippen molar-refractivity contribution in [1.29, 1.82) is 0 Å². The van der Waals surface area contributed by atoms with Crippen molar-refractivity contribution < 1.29 is 9.95 Å². The maximum Gasteiger partial charge on any atom is 0.247 e. The minimum absolute atomic E-state index is 0.156. The Hall–Kier alpha value is -1.39. The van der Waals surface area contributed by atoms with Crippen molar-refractivity contribution in [2.45, 2.75) is 57.8 Å². The number of hydroxylamine groups is 1. The van der Waals surface area contributed by atoms with E-state index in [2.05, 4.69) is 10.1 Å². The van der Waals surface area contributed by atoms with Gasteiger partial charge in [-0.15, -0.1) is 0 Å². The molecule has 0 atom stereocenters. The minimum atomic E-state index is 0.156. The summed E-state index contributed by atoms with van der Waals surface area (Å²) < 4.78 is 0.861. The predicted octanol–water partition coefficient (Wildman–Crippen LogP) is 2.70. The number of hydrogen-bond acceptors (Lipinski definition) is 4. The van der Waals surface area contributed by atoms with Crippen LogP contribution in [-0.2, 0) is 0 Å². The molecule has 5 nitrogen and oxygen atoms in total. The molecule has 2 aliphatic carbocycles. The highest BCUT2D eigenvalue weighted by molar-refractivity contribution is 6.68. The zero-order valence-electron chi connectivity index (χ0n) is 10.8. The molecular formula is C13H21N3O2. The molecule has 0 saturated heterocycles. The lowest BCUT2D eigenvalue weighted by Crippen LogP contribution is -2.30. The first-order valence-corrected chi connectivity index (χ1v) is 6.89. The summed E-state index contributed by atoms with van der Waals surface area (Å²) in [7, 11) is 0. The van der Waals surface area contributed by atoms with Gasteiger partial charge in [0, 0.05) is 6.42 Å². The van der Waals surface area contributed by atoms with Crippen LogP contribution in [0.4, 0.5) is 0 Å². The van der Waals surface area contributed by atoms with Gasteiger partial charge in [-0.3, -0.25) is 0 Å². The molecule has 18 heavy (non-hydrogen) atoms. The zero-order chi connectivity index (χ0) is 12.8. The maximum atomic E-state index is 11.1. The Labute approximate surface area is 107 Å². The predicted molar refractivity (Wildman–Crippen MR) is 71.7 cm³/mol. The number of hydrogen-bond donors (Lipinski definition) is 1. The van der Waals surface area contributed by atoms with E-state index in [0.29, 0.717) is 23.6 Å². The summed E-state index contributed by atoms with van der Waals surface area (Å²) in [6, 6.07) is 0. The van der Waals surface area contributed by atoms with E-state index in [1.807, 2.05) is 0 Å². The van der Waals surface area contributed by atoms with Crippen LogP contribution in [0.15, 0.2) is 10.1 Å². The van der Waals surface area contributed by atoms with E-state index < -0.39 is 0 Å². The molecule has 0 aromatic carbocycles. The summed E-state index contributed by atoms with van der Waals surface area (Å²) >= 11 is 0. The first kappa shape index (κ1) is 13.1. The highest BCUT2D eigenvalue weighted by atomic mass is 16.5. The van der Waals surface area contributed by atoms with E-state index >= 15 is 0 Å². The first-order chi connectivity index (χ1) is 8.83. The van der Waals surface area contributed by atoms with Crippen LogP contribution in [0.5, 0.6) is 0 Å². The van der Waals surface area contributed by atoms with Gasteiger partial charge in [0.1, 0.15) is 5.71 Å². The number of oxime groups is 1. The average Bonchev–Trinajstić information content (AvgIpc) is 2.83. The Balaban J connectivity index is 0.000000169. The Morgan fingerprint density at radius 1 is 1.00 bits per heavy atom. The molecule has 0 spiro atoms. The molecule has 0 aromatic rings. The summed E-state index contributed by atoms with van der Waals surface area (Å²) in [5, 5.41) is 22.8. The van der Waals surface area contributed by atoms with Crippen molar-refractivity contribution in [2.24, 2.45) is 10.1 Å². The monoisotopic (exact) mass is 251 g/mol. The number of nitrogens with zero attached hydrogens (tertiary/aromatic N) is 3. The SMILES string of the molecule is C1CCCCC1.[O-][N+]1=C2CCC/C(=N\O)C2=NC1. The van der Waals surface area contributed by atoms with Crippen molar-refractivity contribution in [2.75, 3.05) is 6.67 Å². The number of fused-ring (bicyclic) bond motifs is 1. The summed E-state index contributed by atoms with van der Waals surface area (Å²) in [6.07, 6.45) is 11.3. The summed E-state index contributed by atoms with van der Waals surface area (Å²) in [5.74, 6) is 0. The lowest BCUT2D eigenvalue weighted by molar-refractivity contribution is -0.450. The van der Waals surface area contributed by atoms with Crippen molar-refractivity contribution in [3.8, 4) is 0 Å². The van der Waals surface area contributed by atoms with Crippen LogP contribution in [0.1, 0.15) is 57.8 Å². The third-order valence-electron chi connectivity index (χ3n) is 3.65. The van der Waals surface area contributed by atoms with Crippen molar-refractivity contribution in [3.63, 3.8) is 0 Å². The van der Waals surface area contributed by atoms with Crippen LogP contribution in [0.25, 0.3) is 0 Å². The van der Waals surface area contributed by atoms with Crippen LogP contribution in [0.3, 0.4) is 0 Å². The van der Waals surface area contributed by atoms with E-state index in [1.54, 1.807) is 0 Å². The van der Waals surface area contributed by atoms with Gasteiger partial charge in [0.25, 0.3) is 0 Å². The number of rotatable bonds is 0. The van der Waals surface area contributed by atoms with Gasteiger partial charge in [0.15, 0.2) is 5.71 Å². The van der Waals surface area contributed by atoms with E-state index in [1.165, 1.54) is 38.5 Å². The highest BCUT2D eigenvalue weighted by Gasteiger charge is 2.31. The fourth-order valence-electron chi connectivity index (χ4n) is 2.63. The van der Waals surface area contributed by atoms with Gasteiger partial charge >= 0.3 is 0 Å². The molecular weight excluding hydrogens is 230 g/mol. The lowest BCUT2D eigenvalue weighted by atomic mass is 9.95. The average molecular weight is 251 g/mol. The third kappa shape index (κ3) is 3.09. The highest BCUT2D eigenvalue weighted by Crippen LogP contribution is 2.15. The topological polar surface area (TPSA) is 71.0 Å². The van der Waals surface area contributed by atoms with Crippen molar-refractivity contribution in [3.05, 3.63) is 5.21 Å². The largest absolute Gasteiger partial charge is 0.622 e. The molecule has 3 aliphatic rings. The maximum absolute atomic E-state index is 11.1. The Bertz CT molecular complexity index is 370. The fourth-order valence-corrected chi connectivity index (χ4v) is 2.63. The smallest absolute Gasteiger partial charge is 0.247 e. The lowest BCUT2D eigenvalue weighted by Gasteiger charge is -2.10. The molecule has 2 saturated carbocycles. The van der Waals surface area contributed by atoms with Gasteiger partial charge in [0.05, 0.1) is 0 Å². The summed E-state index contributed by atoms with van der Waals surface area (Å²) in [4.78, 5) is 3.99. The normalized spacial score (nSPS) is 25.3. The second-order valence-electron chi connectivity index (χ2n) is 4.99.